The van der Waals surface area contributed by atoms with Crippen molar-refractivity contribution in [3.63, 3.8) is 0 Å². The molecule has 1 unspecified atom stereocenters. The van der Waals surface area contributed by atoms with Crippen molar-refractivity contribution in [2.24, 2.45) is 0 Å². The lowest BCUT2D eigenvalue weighted by Crippen LogP contribution is -2.33. The molecule has 1 fully saturated rings. The number of likely N-dealkylation sites (N-methyl/N-ethyl adjacent to an activating group) is 1. The van der Waals surface area contributed by atoms with E-state index >= 15 is 0 Å². The van der Waals surface area contributed by atoms with Gasteiger partial charge in [-0.3, -0.25) is 0 Å². The highest BCUT2D eigenvalue weighted by molar-refractivity contribution is 5.93. The number of rotatable bonds is 2. The first-order valence-electron chi connectivity index (χ1n) is 5.19. The van der Waals surface area contributed by atoms with E-state index in [9.17, 15) is 9.90 Å². The first kappa shape index (κ1) is 10.9. The van der Waals surface area contributed by atoms with Crippen LogP contribution in [-0.4, -0.2) is 41.0 Å². The highest BCUT2D eigenvalue weighted by Crippen LogP contribution is 2.26. The highest BCUT2D eigenvalue weighted by atomic mass is 16.5. The maximum Gasteiger partial charge on any atom is 0.329 e. The first-order chi connectivity index (χ1) is 7.50. The van der Waals surface area contributed by atoms with Gasteiger partial charge in [-0.1, -0.05) is 19.0 Å². The Morgan fingerprint density at radius 1 is 1.62 bits per heavy atom. The van der Waals surface area contributed by atoms with Gasteiger partial charge in [0.1, 0.15) is 0 Å². The minimum atomic E-state index is -0.870. The first-order valence-corrected chi connectivity index (χ1v) is 5.19. The molecule has 88 valence electrons. The largest absolute Gasteiger partial charge is 0.371 e. The molecule has 0 radical (unpaired) electrons. The number of aliphatic hydroxyl groups excluding tert-OH is 1. The summed E-state index contributed by atoms with van der Waals surface area (Å²) in [5.41, 5.74) is 0.768. The molecule has 2 rings (SSSR count). The van der Waals surface area contributed by atoms with Crippen LogP contribution in [0.15, 0.2) is 10.6 Å². The smallest absolute Gasteiger partial charge is 0.329 e. The maximum absolute atomic E-state index is 11.7. The van der Waals surface area contributed by atoms with E-state index in [0.717, 1.165) is 5.69 Å². The van der Waals surface area contributed by atoms with Crippen LogP contribution in [0.5, 0.6) is 0 Å². The molecule has 2 amide bonds. The van der Waals surface area contributed by atoms with Crippen molar-refractivity contribution in [1.29, 1.82) is 0 Å². The molecule has 6 heteroatoms. The molecule has 0 aliphatic carbocycles. The number of aliphatic hydroxyl groups is 1. The van der Waals surface area contributed by atoms with Crippen LogP contribution in [0, 0.1) is 0 Å². The Morgan fingerprint density at radius 3 is 2.75 bits per heavy atom. The summed E-state index contributed by atoms with van der Waals surface area (Å²) in [5.74, 6) is 0.524. The predicted octanol–water partition coefficient (Wildman–Crippen LogP) is 0.988. The van der Waals surface area contributed by atoms with Crippen LogP contribution in [0.3, 0.4) is 0 Å². The van der Waals surface area contributed by atoms with Gasteiger partial charge in [0, 0.05) is 13.1 Å². The number of hydrogen-bond donors (Lipinski definition) is 1. The van der Waals surface area contributed by atoms with Crippen molar-refractivity contribution in [1.82, 2.24) is 10.1 Å². The van der Waals surface area contributed by atoms with Crippen molar-refractivity contribution in [3.05, 3.63) is 11.8 Å². The second kappa shape index (κ2) is 3.79. The van der Waals surface area contributed by atoms with Gasteiger partial charge in [0.2, 0.25) is 5.88 Å². The highest BCUT2D eigenvalue weighted by Gasteiger charge is 2.37. The number of aromatic nitrogens is 1. The summed E-state index contributed by atoms with van der Waals surface area (Å²) in [4.78, 5) is 14.3. The number of anilines is 1. The molecule has 16 heavy (non-hydrogen) atoms. The van der Waals surface area contributed by atoms with Gasteiger partial charge in [0.25, 0.3) is 0 Å². The van der Waals surface area contributed by atoms with Gasteiger partial charge in [-0.15, -0.1) is 0 Å². The molecule has 1 saturated heterocycles. The van der Waals surface area contributed by atoms with Gasteiger partial charge < -0.3 is 14.5 Å². The van der Waals surface area contributed by atoms with E-state index in [0.29, 0.717) is 5.88 Å². The molecule has 1 aromatic heterocycles. The van der Waals surface area contributed by atoms with Gasteiger partial charge in [-0.2, -0.15) is 0 Å². The molecule has 0 bridgehead atoms. The molecule has 0 spiro atoms. The van der Waals surface area contributed by atoms with Gasteiger partial charge in [-0.25, -0.2) is 9.69 Å². The Hall–Kier alpha value is -1.56. The lowest BCUT2D eigenvalue weighted by atomic mass is 10.1. The molecule has 2 heterocycles. The van der Waals surface area contributed by atoms with Crippen LogP contribution in [-0.2, 0) is 0 Å². The van der Waals surface area contributed by atoms with E-state index in [1.54, 1.807) is 13.1 Å². The van der Waals surface area contributed by atoms with Crippen LogP contribution >= 0.6 is 0 Å². The minimum absolute atomic E-state index is 0.227. The van der Waals surface area contributed by atoms with Crippen molar-refractivity contribution < 1.29 is 14.4 Å². The summed E-state index contributed by atoms with van der Waals surface area (Å²) in [6.07, 6.45) is -0.870. The van der Waals surface area contributed by atoms with E-state index < -0.39 is 6.23 Å². The third-order valence-electron chi connectivity index (χ3n) is 2.61. The van der Waals surface area contributed by atoms with Gasteiger partial charge in [0.15, 0.2) is 6.23 Å². The Labute approximate surface area is 93.4 Å². The zero-order valence-corrected chi connectivity index (χ0v) is 9.54. The quantitative estimate of drug-likeness (QED) is 0.814. The second-order valence-electron chi connectivity index (χ2n) is 4.26. The Morgan fingerprint density at radius 2 is 2.31 bits per heavy atom. The van der Waals surface area contributed by atoms with Gasteiger partial charge in [0.05, 0.1) is 12.2 Å². The monoisotopic (exact) mass is 225 g/mol. The molecular weight excluding hydrogens is 210 g/mol. The number of hydrogen-bond acceptors (Lipinski definition) is 4. The molecule has 6 nitrogen and oxygen atoms in total. The summed E-state index contributed by atoms with van der Waals surface area (Å²) in [5, 5.41) is 13.6. The number of nitrogens with zero attached hydrogens (tertiary/aromatic N) is 3. The zero-order valence-electron chi connectivity index (χ0n) is 9.54. The van der Waals surface area contributed by atoms with E-state index in [1.165, 1.54) is 9.80 Å². The second-order valence-corrected chi connectivity index (χ2v) is 4.26. The maximum atomic E-state index is 11.7. The number of amides is 2. The molecule has 1 aromatic rings. The zero-order chi connectivity index (χ0) is 11.9. The number of β-amino-alcohol motifs (C(OH)–C–C–N with tert-alkyl or cyclic N) is 1. The fraction of sp³-hybridized carbons (Fsp3) is 0.600. The van der Waals surface area contributed by atoms with E-state index in [-0.39, 0.29) is 18.5 Å². The van der Waals surface area contributed by atoms with Crippen LogP contribution in [0.1, 0.15) is 25.5 Å². The van der Waals surface area contributed by atoms with Crippen molar-refractivity contribution >= 4 is 11.9 Å². The molecule has 1 N–H and O–H groups in total. The molecule has 1 aliphatic rings. The van der Waals surface area contributed by atoms with Gasteiger partial charge in [-0.05, 0) is 5.92 Å². The fourth-order valence-corrected chi connectivity index (χ4v) is 1.62. The summed E-state index contributed by atoms with van der Waals surface area (Å²) in [7, 11) is 1.63. The number of carbonyl (C=O) groups is 1. The average molecular weight is 225 g/mol. The molecule has 1 atom stereocenters. The Balaban J connectivity index is 2.26. The third-order valence-corrected chi connectivity index (χ3v) is 2.61. The number of urea groups is 1. The standard InChI is InChI=1S/C10H15N3O3/c1-6(2)7-4-9(16-11-7)13-8(14)5-12(3)10(13)15/h4,6,8,14H,5H2,1-3H3. The molecule has 0 aromatic carbocycles. The average Bonchev–Trinajstić information content (AvgIpc) is 2.74. The van der Waals surface area contributed by atoms with Crippen molar-refractivity contribution in [2.45, 2.75) is 26.0 Å². The van der Waals surface area contributed by atoms with Gasteiger partial charge >= 0.3 is 6.03 Å². The van der Waals surface area contributed by atoms with E-state index in [4.69, 9.17) is 4.52 Å². The Kier molecular flexibility index (Phi) is 2.59. The molecule has 0 saturated carbocycles. The molecular formula is C10H15N3O3. The topological polar surface area (TPSA) is 69.8 Å². The van der Waals surface area contributed by atoms with Crippen LogP contribution in [0.2, 0.25) is 0 Å². The lowest BCUT2D eigenvalue weighted by molar-refractivity contribution is 0.179. The van der Waals surface area contributed by atoms with Crippen molar-refractivity contribution in [3.8, 4) is 0 Å². The molecule has 1 aliphatic heterocycles. The summed E-state index contributed by atoms with van der Waals surface area (Å²) in [6, 6.07) is 1.41. The normalized spacial score (nSPS) is 21.3. The summed E-state index contributed by atoms with van der Waals surface area (Å²) >= 11 is 0. The Bertz CT molecular complexity index is 402. The van der Waals surface area contributed by atoms with Crippen LogP contribution < -0.4 is 4.90 Å². The van der Waals surface area contributed by atoms with E-state index in [2.05, 4.69) is 5.16 Å². The van der Waals surface area contributed by atoms with Crippen molar-refractivity contribution in [2.75, 3.05) is 18.5 Å². The number of carbonyl (C=O) groups excluding carboxylic acids is 1. The summed E-state index contributed by atoms with van der Waals surface area (Å²) < 4.78 is 5.07. The SMILES string of the molecule is CC(C)c1cc(N2C(=O)N(C)CC2O)on1. The van der Waals surface area contributed by atoms with E-state index in [1.807, 2.05) is 13.8 Å². The van der Waals surface area contributed by atoms with Crippen LogP contribution in [0.25, 0.3) is 0 Å². The third kappa shape index (κ3) is 1.65. The predicted molar refractivity (Wildman–Crippen MR) is 57.1 cm³/mol. The lowest BCUT2D eigenvalue weighted by Gasteiger charge is -2.14. The minimum Gasteiger partial charge on any atom is -0.371 e. The summed E-state index contributed by atoms with van der Waals surface area (Å²) in [6.45, 7) is 4.24. The van der Waals surface area contributed by atoms with Crippen LogP contribution in [0.4, 0.5) is 10.7 Å². The fourth-order valence-electron chi connectivity index (χ4n) is 1.62.